The highest BCUT2D eigenvalue weighted by Gasteiger charge is 1.94. The van der Waals surface area contributed by atoms with Crippen LogP contribution in [0.3, 0.4) is 0 Å². The minimum atomic E-state index is 0.0347. The van der Waals surface area contributed by atoms with Crippen LogP contribution in [0, 0.1) is 0 Å². The number of nitrogens with two attached hydrogens (primary N) is 2. The van der Waals surface area contributed by atoms with Gasteiger partial charge in [0, 0.05) is 0 Å². The summed E-state index contributed by atoms with van der Waals surface area (Å²) in [6.45, 7) is 0. The zero-order valence-corrected chi connectivity index (χ0v) is 13.9. The van der Waals surface area contributed by atoms with Gasteiger partial charge in [0.1, 0.15) is 11.5 Å². The summed E-state index contributed by atoms with van der Waals surface area (Å²) in [6, 6.07) is 20.1. The molecule has 0 saturated carbocycles. The van der Waals surface area contributed by atoms with Gasteiger partial charge < -0.3 is 21.7 Å². The number of para-hydroxylation sites is 4. The SMILES string of the molecule is Nc1ccccc1N.O=Cc1ccccc1O.O=Cc1ccccc1O. The lowest BCUT2D eigenvalue weighted by molar-refractivity contribution is 0.111. The van der Waals surface area contributed by atoms with Gasteiger partial charge >= 0.3 is 0 Å². The molecular formula is C20H20N2O4. The van der Waals surface area contributed by atoms with Crippen LogP contribution in [0.4, 0.5) is 11.4 Å². The summed E-state index contributed by atoms with van der Waals surface area (Å²) in [7, 11) is 0. The van der Waals surface area contributed by atoms with E-state index in [0.29, 0.717) is 35.1 Å². The molecule has 0 aliphatic heterocycles. The van der Waals surface area contributed by atoms with Crippen LogP contribution < -0.4 is 11.5 Å². The Morgan fingerprint density at radius 3 is 1.12 bits per heavy atom. The number of benzene rings is 3. The third-order valence-electron chi connectivity index (χ3n) is 3.12. The van der Waals surface area contributed by atoms with E-state index in [1.54, 1.807) is 48.5 Å². The molecule has 6 heteroatoms. The molecule has 0 saturated heterocycles. The highest BCUT2D eigenvalue weighted by Crippen LogP contribution is 2.12. The molecule has 0 aromatic heterocycles. The van der Waals surface area contributed by atoms with Crippen LogP contribution in [0.2, 0.25) is 0 Å². The second-order valence-electron chi connectivity index (χ2n) is 4.98. The van der Waals surface area contributed by atoms with Gasteiger partial charge in [-0.2, -0.15) is 0 Å². The number of hydrogen-bond acceptors (Lipinski definition) is 6. The van der Waals surface area contributed by atoms with E-state index in [0.717, 1.165) is 0 Å². The van der Waals surface area contributed by atoms with E-state index < -0.39 is 0 Å². The third-order valence-corrected chi connectivity index (χ3v) is 3.12. The summed E-state index contributed by atoms with van der Waals surface area (Å²) in [5.74, 6) is 0.0694. The average Bonchev–Trinajstić information content (AvgIpc) is 2.66. The molecule has 3 aromatic carbocycles. The van der Waals surface area contributed by atoms with Crippen molar-refractivity contribution in [3.63, 3.8) is 0 Å². The Morgan fingerprint density at radius 1 is 0.577 bits per heavy atom. The predicted molar refractivity (Wildman–Crippen MR) is 102 cm³/mol. The van der Waals surface area contributed by atoms with Crippen molar-refractivity contribution < 1.29 is 19.8 Å². The first-order chi connectivity index (χ1) is 12.5. The van der Waals surface area contributed by atoms with E-state index in [1.165, 1.54) is 12.1 Å². The molecule has 0 amide bonds. The molecular weight excluding hydrogens is 332 g/mol. The van der Waals surface area contributed by atoms with Gasteiger partial charge in [-0.3, -0.25) is 9.59 Å². The minimum absolute atomic E-state index is 0.0347. The van der Waals surface area contributed by atoms with Crippen LogP contribution >= 0.6 is 0 Å². The lowest BCUT2D eigenvalue weighted by Crippen LogP contribution is -1.91. The van der Waals surface area contributed by atoms with Crippen LogP contribution in [0.25, 0.3) is 0 Å². The normalized spacial score (nSPS) is 8.92. The summed E-state index contributed by atoms with van der Waals surface area (Å²) >= 11 is 0. The van der Waals surface area contributed by atoms with Crippen LogP contribution in [-0.4, -0.2) is 22.8 Å². The fourth-order valence-electron chi connectivity index (χ4n) is 1.69. The highest BCUT2D eigenvalue weighted by atomic mass is 16.3. The molecule has 134 valence electrons. The summed E-state index contributed by atoms with van der Waals surface area (Å²) in [4.78, 5) is 20.1. The van der Waals surface area contributed by atoms with Gasteiger partial charge in [0.2, 0.25) is 0 Å². The van der Waals surface area contributed by atoms with Crippen molar-refractivity contribution >= 4 is 23.9 Å². The topological polar surface area (TPSA) is 127 Å². The molecule has 0 radical (unpaired) electrons. The van der Waals surface area contributed by atoms with Crippen molar-refractivity contribution in [1.82, 2.24) is 0 Å². The number of aromatic hydroxyl groups is 2. The van der Waals surface area contributed by atoms with Gasteiger partial charge in [-0.05, 0) is 36.4 Å². The Balaban J connectivity index is 0.000000195. The summed E-state index contributed by atoms with van der Waals surface area (Å²) in [5.41, 5.74) is 12.7. The van der Waals surface area contributed by atoms with Crippen LogP contribution in [-0.2, 0) is 0 Å². The Hall–Kier alpha value is -3.80. The number of nitrogen functional groups attached to an aromatic ring is 2. The van der Waals surface area contributed by atoms with Crippen molar-refractivity contribution in [3.05, 3.63) is 83.9 Å². The summed E-state index contributed by atoms with van der Waals surface area (Å²) in [5, 5.41) is 17.8. The monoisotopic (exact) mass is 352 g/mol. The maximum atomic E-state index is 10.1. The molecule has 3 rings (SSSR count). The average molecular weight is 352 g/mol. The molecule has 3 aromatic rings. The standard InChI is InChI=1S/2C7H6O2.C6H8N2/c2*8-5-6-3-1-2-4-7(6)9;7-5-3-1-2-4-6(5)8/h2*1-5,9H;1-4H,7-8H2. The van der Waals surface area contributed by atoms with Gasteiger partial charge in [-0.1, -0.05) is 36.4 Å². The molecule has 0 spiro atoms. The molecule has 0 atom stereocenters. The number of carbonyl (C=O) groups is 2. The van der Waals surface area contributed by atoms with Gasteiger partial charge in [-0.25, -0.2) is 0 Å². The molecule has 6 nitrogen and oxygen atoms in total. The smallest absolute Gasteiger partial charge is 0.153 e. The number of carbonyl (C=O) groups excluding carboxylic acids is 2. The fraction of sp³-hybridized carbons (Fsp3) is 0. The number of hydrogen-bond donors (Lipinski definition) is 4. The van der Waals surface area contributed by atoms with Crippen molar-refractivity contribution in [1.29, 1.82) is 0 Å². The molecule has 0 aliphatic rings. The first-order valence-electron chi connectivity index (χ1n) is 7.56. The zero-order valence-electron chi connectivity index (χ0n) is 13.9. The van der Waals surface area contributed by atoms with Crippen molar-refractivity contribution in [2.75, 3.05) is 11.5 Å². The number of phenols is 2. The van der Waals surface area contributed by atoms with E-state index in [9.17, 15) is 9.59 Å². The Bertz CT molecular complexity index is 780. The lowest BCUT2D eigenvalue weighted by Gasteiger charge is -1.94. The highest BCUT2D eigenvalue weighted by molar-refractivity contribution is 5.79. The first-order valence-corrected chi connectivity index (χ1v) is 7.56. The number of aldehydes is 2. The van der Waals surface area contributed by atoms with E-state index in [2.05, 4.69) is 0 Å². The maximum Gasteiger partial charge on any atom is 0.153 e. The van der Waals surface area contributed by atoms with E-state index in [4.69, 9.17) is 21.7 Å². The third kappa shape index (κ3) is 6.76. The van der Waals surface area contributed by atoms with E-state index in [-0.39, 0.29) is 11.5 Å². The molecule has 0 heterocycles. The van der Waals surface area contributed by atoms with Gasteiger partial charge in [0.15, 0.2) is 12.6 Å². The van der Waals surface area contributed by atoms with Crippen LogP contribution in [0.1, 0.15) is 20.7 Å². The second kappa shape index (κ2) is 10.9. The molecule has 26 heavy (non-hydrogen) atoms. The number of anilines is 2. The Kier molecular flexibility index (Phi) is 8.47. The largest absolute Gasteiger partial charge is 0.507 e. The van der Waals surface area contributed by atoms with E-state index in [1.807, 2.05) is 12.1 Å². The molecule has 0 unspecified atom stereocenters. The Morgan fingerprint density at radius 2 is 0.885 bits per heavy atom. The summed E-state index contributed by atoms with van der Waals surface area (Å²) in [6.07, 6.45) is 1.24. The van der Waals surface area contributed by atoms with Crippen molar-refractivity contribution in [2.45, 2.75) is 0 Å². The van der Waals surface area contributed by atoms with Crippen molar-refractivity contribution in [2.24, 2.45) is 0 Å². The van der Waals surface area contributed by atoms with Crippen molar-refractivity contribution in [3.8, 4) is 11.5 Å². The number of phenolic OH excluding ortho intramolecular Hbond substituents is 2. The number of rotatable bonds is 2. The molecule has 6 N–H and O–H groups in total. The van der Waals surface area contributed by atoms with E-state index >= 15 is 0 Å². The quantitative estimate of drug-likeness (QED) is 0.414. The fourth-order valence-corrected chi connectivity index (χ4v) is 1.69. The molecule has 0 bridgehead atoms. The maximum absolute atomic E-state index is 10.1. The van der Waals surface area contributed by atoms with Gasteiger partial charge in [0.25, 0.3) is 0 Å². The summed E-state index contributed by atoms with van der Waals surface area (Å²) < 4.78 is 0. The van der Waals surface area contributed by atoms with Crippen LogP contribution in [0.15, 0.2) is 72.8 Å². The lowest BCUT2D eigenvalue weighted by atomic mass is 10.2. The second-order valence-corrected chi connectivity index (χ2v) is 4.98. The molecule has 0 aliphatic carbocycles. The molecule has 0 fully saturated rings. The Labute approximate surface area is 151 Å². The van der Waals surface area contributed by atoms with Gasteiger partial charge in [0.05, 0.1) is 22.5 Å². The zero-order chi connectivity index (χ0) is 19.4. The minimum Gasteiger partial charge on any atom is -0.507 e. The predicted octanol–water partition coefficient (Wildman–Crippen LogP) is 3.26. The first kappa shape index (κ1) is 20.2. The van der Waals surface area contributed by atoms with Crippen LogP contribution in [0.5, 0.6) is 11.5 Å². The van der Waals surface area contributed by atoms with Gasteiger partial charge in [-0.15, -0.1) is 0 Å².